The SMILES string of the molecule is O=C(O)c1cc(NS(=O)(=O)c2ccc3c(c2)OCCCO3)ccc1N1CCSCC1. The van der Waals surface area contributed by atoms with Crippen molar-refractivity contribution < 1.29 is 27.8 Å². The number of hydrogen-bond donors (Lipinski definition) is 2. The minimum absolute atomic E-state index is 0.0146. The van der Waals surface area contributed by atoms with Crippen molar-refractivity contribution in [2.45, 2.75) is 11.3 Å². The van der Waals surface area contributed by atoms with E-state index >= 15 is 0 Å². The van der Waals surface area contributed by atoms with Crippen LogP contribution in [0.5, 0.6) is 11.5 Å². The third-order valence-electron chi connectivity index (χ3n) is 4.86. The number of carbonyl (C=O) groups is 1. The quantitative estimate of drug-likeness (QED) is 0.717. The van der Waals surface area contributed by atoms with Gasteiger partial charge in [-0.2, -0.15) is 11.8 Å². The van der Waals surface area contributed by atoms with Gasteiger partial charge in [0.25, 0.3) is 10.0 Å². The molecule has 2 aliphatic rings. The number of carboxylic acid groups (broad SMARTS) is 1. The van der Waals surface area contributed by atoms with Crippen LogP contribution in [0.1, 0.15) is 16.8 Å². The van der Waals surface area contributed by atoms with Crippen molar-refractivity contribution >= 4 is 39.1 Å². The molecule has 0 saturated carbocycles. The molecular formula is C20H22N2O6S2. The van der Waals surface area contributed by atoms with Crippen molar-refractivity contribution in [1.29, 1.82) is 0 Å². The number of benzene rings is 2. The Bertz CT molecular complexity index is 1050. The number of nitrogens with one attached hydrogen (secondary N) is 1. The summed E-state index contributed by atoms with van der Waals surface area (Å²) in [5, 5.41) is 9.66. The first-order valence-corrected chi connectivity index (χ1v) is 12.2. The van der Waals surface area contributed by atoms with Crippen molar-refractivity contribution in [2.75, 3.05) is 47.4 Å². The monoisotopic (exact) mass is 450 g/mol. The van der Waals surface area contributed by atoms with Gasteiger partial charge in [0, 0.05) is 42.8 Å². The van der Waals surface area contributed by atoms with Gasteiger partial charge in [-0.3, -0.25) is 4.72 Å². The average molecular weight is 451 g/mol. The first kappa shape index (κ1) is 20.7. The summed E-state index contributed by atoms with van der Waals surface area (Å²) in [7, 11) is -3.93. The molecule has 0 unspecified atom stereocenters. The van der Waals surface area contributed by atoms with Gasteiger partial charge < -0.3 is 19.5 Å². The fourth-order valence-corrected chi connectivity index (χ4v) is 5.34. The van der Waals surface area contributed by atoms with Gasteiger partial charge in [-0.25, -0.2) is 13.2 Å². The lowest BCUT2D eigenvalue weighted by Crippen LogP contribution is -2.33. The first-order chi connectivity index (χ1) is 14.4. The molecule has 2 N–H and O–H groups in total. The predicted molar refractivity (Wildman–Crippen MR) is 116 cm³/mol. The molecule has 0 aliphatic carbocycles. The minimum atomic E-state index is -3.93. The van der Waals surface area contributed by atoms with Crippen LogP contribution in [0.15, 0.2) is 41.3 Å². The minimum Gasteiger partial charge on any atom is -0.490 e. The van der Waals surface area contributed by atoms with E-state index in [-0.39, 0.29) is 16.1 Å². The first-order valence-electron chi connectivity index (χ1n) is 9.56. The number of anilines is 2. The van der Waals surface area contributed by atoms with Crippen LogP contribution in [0.2, 0.25) is 0 Å². The topological polar surface area (TPSA) is 105 Å². The van der Waals surface area contributed by atoms with E-state index in [2.05, 4.69) is 4.72 Å². The molecule has 0 spiro atoms. The number of carboxylic acids is 1. The van der Waals surface area contributed by atoms with Gasteiger partial charge in [0.1, 0.15) is 0 Å². The molecule has 4 rings (SSSR count). The molecule has 0 atom stereocenters. The van der Waals surface area contributed by atoms with Gasteiger partial charge in [-0.15, -0.1) is 0 Å². The van der Waals surface area contributed by atoms with Crippen LogP contribution >= 0.6 is 11.8 Å². The molecule has 30 heavy (non-hydrogen) atoms. The van der Waals surface area contributed by atoms with Crippen molar-refractivity contribution in [3.05, 3.63) is 42.0 Å². The molecule has 160 valence electrons. The van der Waals surface area contributed by atoms with Gasteiger partial charge in [-0.1, -0.05) is 0 Å². The Morgan fingerprint density at radius 1 is 1.03 bits per heavy atom. The fraction of sp³-hybridized carbons (Fsp3) is 0.350. The molecule has 0 bridgehead atoms. The Kier molecular flexibility index (Phi) is 5.96. The van der Waals surface area contributed by atoms with Crippen molar-refractivity contribution in [1.82, 2.24) is 0 Å². The van der Waals surface area contributed by atoms with Crippen LogP contribution in [0.25, 0.3) is 0 Å². The van der Waals surface area contributed by atoms with Crippen LogP contribution in [0.3, 0.4) is 0 Å². The lowest BCUT2D eigenvalue weighted by molar-refractivity contribution is 0.0697. The van der Waals surface area contributed by atoms with Gasteiger partial charge in [0.05, 0.1) is 29.4 Å². The summed E-state index contributed by atoms with van der Waals surface area (Å²) in [5.41, 5.74) is 0.858. The fourth-order valence-electron chi connectivity index (χ4n) is 3.38. The van der Waals surface area contributed by atoms with Crippen molar-refractivity contribution in [3.63, 3.8) is 0 Å². The Balaban J connectivity index is 1.60. The molecular weight excluding hydrogens is 428 g/mol. The van der Waals surface area contributed by atoms with Crippen LogP contribution < -0.4 is 19.1 Å². The second-order valence-electron chi connectivity index (χ2n) is 6.90. The summed E-state index contributed by atoms with van der Waals surface area (Å²) >= 11 is 1.83. The second-order valence-corrected chi connectivity index (χ2v) is 9.81. The molecule has 2 heterocycles. The molecule has 10 heteroatoms. The van der Waals surface area contributed by atoms with Crippen LogP contribution in [0.4, 0.5) is 11.4 Å². The molecule has 0 radical (unpaired) electrons. The molecule has 2 aliphatic heterocycles. The van der Waals surface area contributed by atoms with E-state index in [9.17, 15) is 18.3 Å². The molecule has 0 amide bonds. The van der Waals surface area contributed by atoms with E-state index in [1.807, 2.05) is 16.7 Å². The standard InChI is InChI=1S/C20H22N2O6S2/c23-20(24)16-12-14(2-4-17(16)22-6-10-29-11-7-22)21-30(25,26)15-3-5-18-19(13-15)28-9-1-8-27-18/h2-5,12-13,21H,1,6-11H2,(H,23,24). The molecule has 2 aromatic carbocycles. The third-order valence-corrected chi connectivity index (χ3v) is 7.18. The summed E-state index contributed by atoms with van der Waals surface area (Å²) in [6, 6.07) is 9.03. The highest BCUT2D eigenvalue weighted by Crippen LogP contribution is 2.33. The maximum atomic E-state index is 12.9. The van der Waals surface area contributed by atoms with Gasteiger partial charge in [0.2, 0.25) is 0 Å². The number of ether oxygens (including phenoxy) is 2. The largest absolute Gasteiger partial charge is 0.490 e. The number of sulfonamides is 1. The van der Waals surface area contributed by atoms with E-state index in [4.69, 9.17) is 9.47 Å². The molecule has 1 saturated heterocycles. The number of nitrogens with zero attached hydrogens (tertiary/aromatic N) is 1. The van der Waals surface area contributed by atoms with Crippen molar-refractivity contribution in [2.24, 2.45) is 0 Å². The van der Waals surface area contributed by atoms with Gasteiger partial charge >= 0.3 is 5.97 Å². The van der Waals surface area contributed by atoms with Gasteiger partial charge in [0.15, 0.2) is 11.5 Å². The average Bonchev–Trinajstić information content (AvgIpc) is 2.99. The zero-order valence-corrected chi connectivity index (χ0v) is 17.8. The Morgan fingerprint density at radius 3 is 2.50 bits per heavy atom. The maximum Gasteiger partial charge on any atom is 0.337 e. The van der Waals surface area contributed by atoms with Gasteiger partial charge in [-0.05, 0) is 30.3 Å². The molecule has 1 fully saturated rings. The number of rotatable bonds is 5. The van der Waals surface area contributed by atoms with Crippen LogP contribution in [-0.2, 0) is 10.0 Å². The van der Waals surface area contributed by atoms with E-state index in [1.54, 1.807) is 18.2 Å². The van der Waals surface area contributed by atoms with Crippen LogP contribution in [0, 0.1) is 0 Å². The Morgan fingerprint density at radius 2 is 1.77 bits per heavy atom. The smallest absolute Gasteiger partial charge is 0.337 e. The van der Waals surface area contributed by atoms with E-state index in [1.165, 1.54) is 18.2 Å². The summed E-state index contributed by atoms with van der Waals surface area (Å²) in [5.74, 6) is 1.64. The highest BCUT2D eigenvalue weighted by Gasteiger charge is 2.22. The van der Waals surface area contributed by atoms with Crippen molar-refractivity contribution in [3.8, 4) is 11.5 Å². The number of hydrogen-bond acceptors (Lipinski definition) is 7. The summed E-state index contributed by atoms with van der Waals surface area (Å²) in [6.07, 6.45) is 0.717. The maximum absolute atomic E-state index is 12.9. The predicted octanol–water partition coefficient (Wildman–Crippen LogP) is 2.90. The van der Waals surface area contributed by atoms with Crippen LogP contribution in [-0.4, -0.2) is 57.3 Å². The van der Waals surface area contributed by atoms with E-state index < -0.39 is 16.0 Å². The zero-order chi connectivity index (χ0) is 21.1. The number of thioether (sulfide) groups is 1. The number of aromatic carboxylic acids is 1. The lowest BCUT2D eigenvalue weighted by atomic mass is 10.1. The lowest BCUT2D eigenvalue weighted by Gasteiger charge is -2.29. The Hall–Kier alpha value is -2.59. The highest BCUT2D eigenvalue weighted by molar-refractivity contribution is 7.99. The summed E-state index contributed by atoms with van der Waals surface area (Å²) in [6.45, 7) is 2.47. The van der Waals surface area contributed by atoms with E-state index in [0.717, 1.165) is 31.0 Å². The molecule has 2 aromatic rings. The number of fused-ring (bicyclic) bond motifs is 1. The molecule has 0 aromatic heterocycles. The second kappa shape index (κ2) is 8.65. The summed E-state index contributed by atoms with van der Waals surface area (Å²) < 4.78 is 39.3. The highest BCUT2D eigenvalue weighted by atomic mass is 32.2. The van der Waals surface area contributed by atoms with E-state index in [0.29, 0.717) is 30.4 Å². The zero-order valence-electron chi connectivity index (χ0n) is 16.2. The third kappa shape index (κ3) is 4.44. The molecule has 8 nitrogen and oxygen atoms in total. The summed E-state index contributed by atoms with van der Waals surface area (Å²) in [4.78, 5) is 13.8. The Labute approximate surface area is 179 Å². The normalized spacial score (nSPS) is 16.6.